The molecule has 0 aliphatic heterocycles. The normalized spacial score (nSPS) is 11.5. The minimum Gasteiger partial charge on any atom is -0.353 e. The van der Waals surface area contributed by atoms with E-state index in [1.807, 2.05) is 61.5 Å². The van der Waals surface area contributed by atoms with E-state index in [1.165, 1.54) is 25.6 Å². The fourth-order valence-electron chi connectivity index (χ4n) is 3.66. The molecule has 2 aromatic carbocycles. The molecule has 0 saturated heterocycles. The second-order valence-corrected chi connectivity index (χ2v) is 10.5. The lowest BCUT2D eigenvalue weighted by Gasteiger charge is -2.26. The van der Waals surface area contributed by atoms with Gasteiger partial charge in [-0.1, -0.05) is 54.2 Å². The standard InChI is InChI=1S/C28H39N5O4S/c1-21(34)30-25-12-10-24(11-13-25)20-26(27(36)29-15-17-32(3)4)31-28(37)33(18-19-38-22(2)35)16-14-23-8-6-5-7-9-23/h5-13,26H,14-20H2,1-4H3,(H,29,36)(H,30,34)(H,31,37)/t26-/m0/s1. The highest BCUT2D eigenvalue weighted by atomic mass is 32.2. The zero-order chi connectivity index (χ0) is 27.9. The Bertz CT molecular complexity index is 1050. The van der Waals surface area contributed by atoms with Gasteiger partial charge in [-0.2, -0.15) is 0 Å². The van der Waals surface area contributed by atoms with Crippen molar-refractivity contribution in [3.63, 3.8) is 0 Å². The Hall–Kier alpha value is -3.37. The van der Waals surface area contributed by atoms with Crippen LogP contribution in [0.15, 0.2) is 54.6 Å². The lowest BCUT2D eigenvalue weighted by molar-refractivity contribution is -0.123. The predicted molar refractivity (Wildman–Crippen MR) is 153 cm³/mol. The summed E-state index contributed by atoms with van der Waals surface area (Å²) in [4.78, 5) is 52.9. The second-order valence-electron chi connectivity index (χ2n) is 9.24. The van der Waals surface area contributed by atoms with Crippen molar-refractivity contribution in [2.24, 2.45) is 0 Å². The molecular weight excluding hydrogens is 502 g/mol. The van der Waals surface area contributed by atoms with E-state index in [-0.39, 0.29) is 29.4 Å². The van der Waals surface area contributed by atoms with Gasteiger partial charge in [0.05, 0.1) is 0 Å². The zero-order valence-electron chi connectivity index (χ0n) is 22.7. The molecule has 0 bridgehead atoms. The van der Waals surface area contributed by atoms with Crippen LogP contribution >= 0.6 is 11.8 Å². The number of benzene rings is 2. The van der Waals surface area contributed by atoms with Gasteiger partial charge in [0.25, 0.3) is 0 Å². The number of carbonyl (C=O) groups excluding carboxylic acids is 4. The van der Waals surface area contributed by atoms with E-state index in [0.29, 0.717) is 44.0 Å². The minimum atomic E-state index is -0.795. The summed E-state index contributed by atoms with van der Waals surface area (Å²) in [5.41, 5.74) is 2.60. The average molecular weight is 542 g/mol. The van der Waals surface area contributed by atoms with Gasteiger partial charge in [-0.25, -0.2) is 4.79 Å². The number of hydrogen-bond acceptors (Lipinski definition) is 6. The number of thioether (sulfide) groups is 1. The van der Waals surface area contributed by atoms with Gasteiger partial charge in [0.2, 0.25) is 11.8 Å². The topological polar surface area (TPSA) is 111 Å². The van der Waals surface area contributed by atoms with Crippen molar-refractivity contribution in [1.29, 1.82) is 0 Å². The molecule has 10 heteroatoms. The van der Waals surface area contributed by atoms with E-state index >= 15 is 0 Å². The first-order chi connectivity index (χ1) is 18.1. The van der Waals surface area contributed by atoms with Crippen molar-refractivity contribution < 1.29 is 19.2 Å². The predicted octanol–water partition coefficient (Wildman–Crippen LogP) is 2.77. The highest BCUT2D eigenvalue weighted by Gasteiger charge is 2.24. The summed E-state index contributed by atoms with van der Waals surface area (Å²) in [6.07, 6.45) is 0.942. The van der Waals surface area contributed by atoms with Crippen LogP contribution in [0.4, 0.5) is 10.5 Å². The van der Waals surface area contributed by atoms with E-state index in [9.17, 15) is 19.2 Å². The van der Waals surface area contributed by atoms with Gasteiger partial charge < -0.3 is 25.8 Å². The maximum Gasteiger partial charge on any atom is 0.318 e. The number of likely N-dealkylation sites (N-methyl/N-ethyl adjacent to an activating group) is 1. The van der Waals surface area contributed by atoms with Crippen molar-refractivity contribution in [3.05, 3.63) is 65.7 Å². The Morgan fingerprint density at radius 3 is 2.16 bits per heavy atom. The van der Waals surface area contributed by atoms with Crippen molar-refractivity contribution in [2.45, 2.75) is 32.7 Å². The third-order valence-electron chi connectivity index (χ3n) is 5.65. The van der Waals surface area contributed by atoms with Crippen LogP contribution in [0, 0.1) is 0 Å². The number of anilines is 1. The molecule has 0 aliphatic carbocycles. The van der Waals surface area contributed by atoms with Crippen molar-refractivity contribution >= 4 is 40.4 Å². The Balaban J connectivity index is 2.15. The molecule has 0 fully saturated rings. The molecule has 38 heavy (non-hydrogen) atoms. The summed E-state index contributed by atoms with van der Waals surface area (Å²) in [6.45, 7) is 4.90. The van der Waals surface area contributed by atoms with Crippen molar-refractivity contribution in [1.82, 2.24) is 20.4 Å². The Kier molecular flexibility index (Phi) is 13.4. The van der Waals surface area contributed by atoms with Crippen LogP contribution in [0.3, 0.4) is 0 Å². The van der Waals surface area contributed by atoms with Crippen LogP contribution in [-0.2, 0) is 27.2 Å². The van der Waals surface area contributed by atoms with E-state index < -0.39 is 6.04 Å². The van der Waals surface area contributed by atoms with Crippen LogP contribution in [0.5, 0.6) is 0 Å². The van der Waals surface area contributed by atoms with E-state index in [0.717, 1.165) is 11.1 Å². The lowest BCUT2D eigenvalue weighted by atomic mass is 10.0. The summed E-state index contributed by atoms with van der Waals surface area (Å²) in [6, 6.07) is 15.9. The fourth-order valence-corrected chi connectivity index (χ4v) is 4.26. The molecule has 0 saturated carbocycles. The van der Waals surface area contributed by atoms with Gasteiger partial charge >= 0.3 is 6.03 Å². The number of hydrogen-bond donors (Lipinski definition) is 3. The molecule has 9 nitrogen and oxygen atoms in total. The van der Waals surface area contributed by atoms with Crippen LogP contribution < -0.4 is 16.0 Å². The zero-order valence-corrected chi connectivity index (χ0v) is 23.5. The molecule has 3 N–H and O–H groups in total. The summed E-state index contributed by atoms with van der Waals surface area (Å²) >= 11 is 1.17. The number of carbonyl (C=O) groups is 4. The summed E-state index contributed by atoms with van der Waals surface area (Å²) in [5.74, 6) is 0.0379. The molecule has 0 radical (unpaired) electrons. The first kappa shape index (κ1) is 30.9. The Labute approximate surface area is 229 Å². The van der Waals surface area contributed by atoms with Gasteiger partial charge in [-0.05, 0) is 43.8 Å². The van der Waals surface area contributed by atoms with Crippen LogP contribution in [0.1, 0.15) is 25.0 Å². The van der Waals surface area contributed by atoms with Gasteiger partial charge in [-0.3, -0.25) is 14.4 Å². The molecule has 0 heterocycles. The quantitative estimate of drug-likeness (QED) is 0.339. The third kappa shape index (κ3) is 12.2. The summed E-state index contributed by atoms with van der Waals surface area (Å²) in [5, 5.41) is 8.55. The maximum atomic E-state index is 13.4. The molecule has 0 aromatic heterocycles. The Morgan fingerprint density at radius 2 is 1.55 bits per heavy atom. The third-order valence-corrected chi connectivity index (χ3v) is 6.45. The van der Waals surface area contributed by atoms with Gasteiger partial charge in [0, 0.05) is 57.9 Å². The fraction of sp³-hybridized carbons (Fsp3) is 0.429. The van der Waals surface area contributed by atoms with Crippen LogP contribution in [0.25, 0.3) is 0 Å². The molecule has 2 rings (SSSR count). The van der Waals surface area contributed by atoms with E-state index in [2.05, 4.69) is 16.0 Å². The highest BCUT2D eigenvalue weighted by molar-refractivity contribution is 8.13. The summed E-state index contributed by atoms with van der Waals surface area (Å²) < 4.78 is 0. The SMILES string of the molecule is CC(=O)Nc1ccc(C[C@H](NC(=O)N(CCSC(C)=O)CCc2ccccc2)C(=O)NCCN(C)C)cc1. The number of rotatable bonds is 14. The molecule has 1 atom stereocenters. The molecule has 4 amide bonds. The number of nitrogens with one attached hydrogen (secondary N) is 3. The molecule has 0 spiro atoms. The number of nitrogens with zero attached hydrogens (tertiary/aromatic N) is 2. The van der Waals surface area contributed by atoms with Crippen LogP contribution in [0.2, 0.25) is 0 Å². The highest BCUT2D eigenvalue weighted by Crippen LogP contribution is 2.12. The Morgan fingerprint density at radius 1 is 0.868 bits per heavy atom. The minimum absolute atomic E-state index is 0.00530. The maximum absolute atomic E-state index is 13.4. The smallest absolute Gasteiger partial charge is 0.318 e. The monoisotopic (exact) mass is 541 g/mol. The molecule has 206 valence electrons. The molecule has 0 aliphatic rings. The number of amides is 4. The molecular formula is C28H39N5O4S. The lowest BCUT2D eigenvalue weighted by Crippen LogP contribution is -2.53. The average Bonchev–Trinajstić information content (AvgIpc) is 2.86. The number of urea groups is 1. The van der Waals surface area contributed by atoms with Crippen molar-refractivity contribution in [3.8, 4) is 0 Å². The largest absolute Gasteiger partial charge is 0.353 e. The van der Waals surface area contributed by atoms with E-state index in [4.69, 9.17) is 0 Å². The second kappa shape index (κ2) is 16.5. The molecule has 2 aromatic rings. The van der Waals surface area contributed by atoms with Crippen molar-refractivity contribution in [2.75, 3.05) is 51.3 Å². The summed E-state index contributed by atoms with van der Waals surface area (Å²) in [7, 11) is 3.84. The van der Waals surface area contributed by atoms with Gasteiger partial charge in [0.1, 0.15) is 6.04 Å². The van der Waals surface area contributed by atoms with Gasteiger partial charge in [0.15, 0.2) is 5.12 Å². The van der Waals surface area contributed by atoms with Crippen LogP contribution in [-0.4, -0.2) is 84.8 Å². The van der Waals surface area contributed by atoms with E-state index in [1.54, 1.807) is 17.0 Å². The first-order valence-electron chi connectivity index (χ1n) is 12.7. The first-order valence-corrected chi connectivity index (χ1v) is 13.6. The molecule has 0 unspecified atom stereocenters. The van der Waals surface area contributed by atoms with Gasteiger partial charge in [-0.15, -0.1) is 0 Å².